The highest BCUT2D eigenvalue weighted by Gasteiger charge is 2.33. The van der Waals surface area contributed by atoms with Crippen molar-refractivity contribution in [3.63, 3.8) is 0 Å². The minimum absolute atomic E-state index is 0.0655. The van der Waals surface area contributed by atoms with E-state index in [9.17, 15) is 4.79 Å². The normalized spacial score (nSPS) is 11.6. The average molecular weight is 306 g/mol. The molecule has 21 heavy (non-hydrogen) atoms. The van der Waals surface area contributed by atoms with Gasteiger partial charge in [-0.3, -0.25) is 9.78 Å². The van der Waals surface area contributed by atoms with Gasteiger partial charge in [-0.1, -0.05) is 25.4 Å². The molecule has 5 heteroatoms. The van der Waals surface area contributed by atoms with Crippen LogP contribution in [0.1, 0.15) is 26.7 Å². The molecule has 112 valence electrons. The van der Waals surface area contributed by atoms with E-state index >= 15 is 0 Å². The predicted octanol–water partition coefficient (Wildman–Crippen LogP) is 3.59. The first-order chi connectivity index (χ1) is 10.1. The van der Waals surface area contributed by atoms with Gasteiger partial charge in [0, 0.05) is 18.1 Å². The summed E-state index contributed by atoms with van der Waals surface area (Å²) in [4.78, 5) is 16.9. The van der Waals surface area contributed by atoms with Gasteiger partial charge in [0.05, 0.1) is 21.6 Å². The monoisotopic (exact) mass is 305 g/mol. The van der Waals surface area contributed by atoms with Crippen molar-refractivity contribution in [1.29, 1.82) is 0 Å². The summed E-state index contributed by atoms with van der Waals surface area (Å²) < 4.78 is 0. The fraction of sp³-hybridized carbons (Fsp3) is 0.375. The highest BCUT2D eigenvalue weighted by atomic mass is 35.5. The van der Waals surface area contributed by atoms with E-state index in [-0.39, 0.29) is 5.91 Å². The number of halogens is 1. The lowest BCUT2D eigenvalue weighted by Crippen LogP contribution is -2.41. The number of benzene rings is 1. The topological polar surface area (TPSA) is 68.0 Å². The highest BCUT2D eigenvalue weighted by molar-refractivity contribution is 6.35. The molecule has 0 saturated heterocycles. The molecule has 1 aromatic carbocycles. The van der Waals surface area contributed by atoms with Crippen molar-refractivity contribution in [1.82, 2.24) is 4.98 Å². The van der Waals surface area contributed by atoms with Crippen LogP contribution in [0.2, 0.25) is 5.02 Å². The molecule has 0 aliphatic carbocycles. The van der Waals surface area contributed by atoms with Crippen molar-refractivity contribution in [2.45, 2.75) is 26.7 Å². The van der Waals surface area contributed by atoms with Gasteiger partial charge >= 0.3 is 0 Å². The first-order valence-electron chi connectivity index (χ1n) is 7.12. The maximum atomic E-state index is 12.6. The minimum Gasteiger partial charge on any atom is -0.329 e. The van der Waals surface area contributed by atoms with Crippen molar-refractivity contribution in [3.05, 3.63) is 35.5 Å². The number of hydrogen-bond acceptors (Lipinski definition) is 3. The molecule has 4 nitrogen and oxygen atoms in total. The van der Waals surface area contributed by atoms with Gasteiger partial charge in [-0.15, -0.1) is 0 Å². The number of hydrogen-bond donors (Lipinski definition) is 2. The number of anilines is 1. The van der Waals surface area contributed by atoms with Crippen LogP contribution >= 0.6 is 11.6 Å². The molecule has 0 saturated carbocycles. The number of nitrogens with zero attached hydrogens (tertiary/aromatic N) is 1. The van der Waals surface area contributed by atoms with Crippen molar-refractivity contribution < 1.29 is 4.79 Å². The Kier molecular flexibility index (Phi) is 4.80. The van der Waals surface area contributed by atoms with E-state index in [2.05, 4.69) is 10.3 Å². The van der Waals surface area contributed by atoms with Crippen LogP contribution in [0.25, 0.3) is 10.9 Å². The van der Waals surface area contributed by atoms with Crippen LogP contribution in [0.3, 0.4) is 0 Å². The van der Waals surface area contributed by atoms with Crippen molar-refractivity contribution in [2.24, 2.45) is 11.1 Å². The summed E-state index contributed by atoms with van der Waals surface area (Å²) in [5.41, 5.74) is 6.64. The Morgan fingerprint density at radius 2 is 2.05 bits per heavy atom. The van der Waals surface area contributed by atoms with E-state index in [4.69, 9.17) is 17.3 Å². The Morgan fingerprint density at radius 1 is 1.33 bits per heavy atom. The van der Waals surface area contributed by atoms with Gasteiger partial charge in [-0.2, -0.15) is 0 Å². The third kappa shape index (κ3) is 2.87. The lowest BCUT2D eigenvalue weighted by Gasteiger charge is -2.28. The van der Waals surface area contributed by atoms with Crippen LogP contribution in [0.15, 0.2) is 30.5 Å². The van der Waals surface area contributed by atoms with E-state index in [1.807, 2.05) is 26.0 Å². The lowest BCUT2D eigenvalue weighted by atomic mass is 9.81. The Bertz CT molecular complexity index is 645. The Balaban J connectivity index is 2.41. The Hall–Kier alpha value is -1.65. The third-order valence-corrected chi connectivity index (χ3v) is 4.52. The summed E-state index contributed by atoms with van der Waals surface area (Å²) in [6.45, 7) is 4.28. The minimum atomic E-state index is -0.541. The molecule has 2 aromatic rings. The molecule has 0 radical (unpaired) electrons. The van der Waals surface area contributed by atoms with Gasteiger partial charge in [0.2, 0.25) is 5.91 Å². The average Bonchev–Trinajstić information content (AvgIpc) is 2.53. The van der Waals surface area contributed by atoms with E-state index < -0.39 is 5.41 Å². The standard InChI is InChI=1S/C16H20ClN3O/c1-3-16(4-2,10-18)15(21)20-13-8-7-12(17)11-6-5-9-19-14(11)13/h5-9H,3-4,10,18H2,1-2H3,(H,20,21). The smallest absolute Gasteiger partial charge is 0.231 e. The molecule has 3 N–H and O–H groups in total. The SMILES string of the molecule is CCC(CC)(CN)C(=O)Nc1ccc(Cl)c2cccnc12. The molecular weight excluding hydrogens is 286 g/mol. The zero-order valence-electron chi connectivity index (χ0n) is 12.3. The van der Waals surface area contributed by atoms with Crippen molar-refractivity contribution >= 4 is 34.1 Å². The summed E-state index contributed by atoms with van der Waals surface area (Å²) in [5.74, 6) is -0.0655. The van der Waals surface area contributed by atoms with Crippen LogP contribution in [-0.2, 0) is 4.79 Å². The van der Waals surface area contributed by atoms with E-state index in [1.54, 1.807) is 18.3 Å². The van der Waals surface area contributed by atoms with Crippen LogP contribution in [0.5, 0.6) is 0 Å². The first-order valence-corrected chi connectivity index (χ1v) is 7.50. The maximum Gasteiger partial charge on any atom is 0.231 e. The molecule has 2 rings (SSSR count). The second-order valence-electron chi connectivity index (χ2n) is 5.14. The fourth-order valence-corrected chi connectivity index (χ4v) is 2.66. The van der Waals surface area contributed by atoms with Gasteiger partial charge in [0.25, 0.3) is 0 Å². The number of rotatable bonds is 5. The summed E-state index contributed by atoms with van der Waals surface area (Å²) >= 11 is 6.16. The Labute approximate surface area is 129 Å². The van der Waals surface area contributed by atoms with E-state index in [0.717, 1.165) is 5.39 Å². The number of carbonyl (C=O) groups excluding carboxylic acids is 1. The summed E-state index contributed by atoms with van der Waals surface area (Å²) in [6.07, 6.45) is 3.08. The second kappa shape index (κ2) is 6.41. The molecule has 1 heterocycles. The molecule has 0 atom stereocenters. The quantitative estimate of drug-likeness (QED) is 0.887. The van der Waals surface area contributed by atoms with Gasteiger partial charge < -0.3 is 11.1 Å². The molecule has 0 spiro atoms. The third-order valence-electron chi connectivity index (χ3n) is 4.19. The Morgan fingerprint density at radius 3 is 2.67 bits per heavy atom. The predicted molar refractivity (Wildman–Crippen MR) is 87.5 cm³/mol. The number of fused-ring (bicyclic) bond motifs is 1. The molecule has 1 amide bonds. The van der Waals surface area contributed by atoms with Crippen LogP contribution in [0, 0.1) is 5.41 Å². The van der Waals surface area contributed by atoms with Crippen LogP contribution < -0.4 is 11.1 Å². The highest BCUT2D eigenvalue weighted by Crippen LogP contribution is 2.31. The number of nitrogens with one attached hydrogen (secondary N) is 1. The molecule has 1 aromatic heterocycles. The van der Waals surface area contributed by atoms with Crippen molar-refractivity contribution in [2.75, 3.05) is 11.9 Å². The molecule has 0 bridgehead atoms. The van der Waals surface area contributed by atoms with E-state index in [1.165, 1.54) is 0 Å². The number of nitrogens with two attached hydrogens (primary N) is 1. The van der Waals surface area contributed by atoms with Gasteiger partial charge in [-0.25, -0.2) is 0 Å². The number of amides is 1. The molecule has 0 unspecified atom stereocenters. The largest absolute Gasteiger partial charge is 0.329 e. The zero-order valence-corrected chi connectivity index (χ0v) is 13.1. The fourth-order valence-electron chi connectivity index (χ4n) is 2.45. The molecular formula is C16H20ClN3O. The number of carbonyl (C=O) groups is 1. The second-order valence-corrected chi connectivity index (χ2v) is 5.55. The van der Waals surface area contributed by atoms with Gasteiger partial charge in [0.1, 0.15) is 0 Å². The molecule has 0 aliphatic rings. The number of aromatic nitrogens is 1. The van der Waals surface area contributed by atoms with E-state index in [0.29, 0.717) is 35.6 Å². The maximum absolute atomic E-state index is 12.6. The van der Waals surface area contributed by atoms with Crippen LogP contribution in [-0.4, -0.2) is 17.4 Å². The summed E-state index contributed by atoms with van der Waals surface area (Å²) in [6, 6.07) is 7.25. The van der Waals surface area contributed by atoms with Crippen LogP contribution in [0.4, 0.5) is 5.69 Å². The summed E-state index contributed by atoms with van der Waals surface area (Å²) in [5, 5.41) is 4.41. The van der Waals surface area contributed by atoms with Crippen molar-refractivity contribution in [3.8, 4) is 0 Å². The summed E-state index contributed by atoms with van der Waals surface area (Å²) in [7, 11) is 0. The molecule has 0 fully saturated rings. The lowest BCUT2D eigenvalue weighted by molar-refractivity contribution is -0.125. The zero-order chi connectivity index (χ0) is 15.5. The number of pyridine rings is 1. The molecule has 0 aliphatic heterocycles. The first kappa shape index (κ1) is 15.7. The van der Waals surface area contributed by atoms with Gasteiger partial charge in [-0.05, 0) is 37.1 Å². The van der Waals surface area contributed by atoms with Gasteiger partial charge in [0.15, 0.2) is 0 Å².